The van der Waals surface area contributed by atoms with E-state index in [0.717, 1.165) is 0 Å². The number of amides is 1. The van der Waals surface area contributed by atoms with E-state index in [9.17, 15) is 4.79 Å². The maximum absolute atomic E-state index is 11.9. The summed E-state index contributed by atoms with van der Waals surface area (Å²) in [5.41, 5.74) is 3.81. The maximum atomic E-state index is 11.9. The third-order valence-corrected chi connectivity index (χ3v) is 4.20. The fraction of sp³-hybridized carbons (Fsp3) is 0.933. The van der Waals surface area contributed by atoms with Crippen molar-refractivity contribution < 1.29 is 28.5 Å². The van der Waals surface area contributed by atoms with Crippen LogP contribution in [0.2, 0.25) is 0 Å². The first kappa shape index (κ1) is 16.9. The van der Waals surface area contributed by atoms with Crippen molar-refractivity contribution in [2.24, 2.45) is 5.73 Å². The van der Waals surface area contributed by atoms with Gasteiger partial charge >= 0.3 is 6.09 Å². The second-order valence-corrected chi connectivity index (χ2v) is 7.93. The zero-order chi connectivity index (χ0) is 17.1. The number of fused-ring (bicyclic) bond motifs is 2. The molecule has 4 rings (SSSR count). The summed E-state index contributed by atoms with van der Waals surface area (Å²) in [7, 11) is 0. The third kappa shape index (κ3) is 3.06. The van der Waals surface area contributed by atoms with Crippen LogP contribution in [0.3, 0.4) is 0 Å². The lowest BCUT2D eigenvalue weighted by Crippen LogP contribution is -2.78. The number of rotatable bonds is 2. The summed E-state index contributed by atoms with van der Waals surface area (Å²) in [6.45, 7) is 9.66. The number of ether oxygens (including phenoxy) is 5. The van der Waals surface area contributed by atoms with E-state index in [-0.39, 0.29) is 19.8 Å². The Hall–Kier alpha value is -0.930. The van der Waals surface area contributed by atoms with Gasteiger partial charge in [-0.25, -0.2) is 4.79 Å². The standard InChI is InChI=1S/C15H26N2O6/c1-12(2,3)23-11(18)17-6-14-7-20-15(16,8-19-14)10-9(14)21-13(4,5)22-10/h9-10H,6-8,16H2,1-5H3,(H,17,18). The Labute approximate surface area is 135 Å². The molecule has 4 atom stereocenters. The monoisotopic (exact) mass is 330 g/mol. The summed E-state index contributed by atoms with van der Waals surface area (Å²) in [5.74, 6) is -0.779. The number of nitrogens with one attached hydrogen (secondary N) is 1. The van der Waals surface area contributed by atoms with Crippen molar-refractivity contribution in [1.29, 1.82) is 0 Å². The molecule has 23 heavy (non-hydrogen) atoms. The topological polar surface area (TPSA) is 101 Å². The molecular weight excluding hydrogens is 304 g/mol. The van der Waals surface area contributed by atoms with Gasteiger partial charge in [0, 0.05) is 0 Å². The fourth-order valence-electron chi connectivity index (χ4n) is 3.17. The number of hydrogen-bond acceptors (Lipinski definition) is 7. The van der Waals surface area contributed by atoms with Crippen LogP contribution in [0.4, 0.5) is 4.79 Å². The van der Waals surface area contributed by atoms with Gasteiger partial charge in [0.05, 0.1) is 19.8 Å². The highest BCUT2D eigenvalue weighted by Gasteiger charge is 2.68. The van der Waals surface area contributed by atoms with Gasteiger partial charge in [-0.2, -0.15) is 0 Å². The van der Waals surface area contributed by atoms with Gasteiger partial charge in [-0.1, -0.05) is 0 Å². The van der Waals surface area contributed by atoms with Crippen LogP contribution in [0.25, 0.3) is 0 Å². The molecule has 8 nitrogen and oxygen atoms in total. The minimum Gasteiger partial charge on any atom is -0.444 e. The molecule has 4 fully saturated rings. The van der Waals surface area contributed by atoms with Gasteiger partial charge < -0.3 is 29.0 Å². The molecule has 8 heteroatoms. The summed E-state index contributed by atoms with van der Waals surface area (Å²) < 4.78 is 28.8. The number of carbonyl (C=O) groups excluding carboxylic acids is 1. The van der Waals surface area contributed by atoms with Crippen molar-refractivity contribution in [3.63, 3.8) is 0 Å². The highest BCUT2D eigenvalue weighted by atomic mass is 16.8. The Kier molecular flexibility index (Phi) is 3.70. The zero-order valence-electron chi connectivity index (χ0n) is 14.3. The van der Waals surface area contributed by atoms with Crippen LogP contribution in [0.15, 0.2) is 0 Å². The first-order chi connectivity index (χ1) is 10.4. The van der Waals surface area contributed by atoms with Crippen molar-refractivity contribution in [2.45, 2.75) is 69.5 Å². The van der Waals surface area contributed by atoms with E-state index < -0.39 is 41.0 Å². The normalized spacial score (nSPS) is 41.5. The molecule has 2 bridgehead atoms. The number of nitrogens with two attached hydrogens (primary N) is 1. The Balaban J connectivity index is 1.72. The molecule has 3 N–H and O–H groups in total. The van der Waals surface area contributed by atoms with Crippen LogP contribution < -0.4 is 11.1 Å². The van der Waals surface area contributed by atoms with E-state index in [1.807, 2.05) is 13.8 Å². The van der Waals surface area contributed by atoms with Crippen molar-refractivity contribution >= 4 is 6.09 Å². The first-order valence-corrected chi connectivity index (χ1v) is 7.84. The predicted molar refractivity (Wildman–Crippen MR) is 79.6 cm³/mol. The minimum atomic E-state index is -1.02. The van der Waals surface area contributed by atoms with Gasteiger partial charge in [0.2, 0.25) is 0 Å². The second kappa shape index (κ2) is 5.03. The average Bonchev–Trinajstić information content (AvgIpc) is 2.74. The number of alkyl carbamates (subject to hydrolysis) is 1. The lowest BCUT2D eigenvalue weighted by molar-refractivity contribution is -0.327. The molecule has 4 unspecified atom stereocenters. The average molecular weight is 330 g/mol. The summed E-state index contributed by atoms with van der Waals surface area (Å²) in [5, 5.41) is 2.74. The molecule has 4 aliphatic heterocycles. The summed E-state index contributed by atoms with van der Waals surface area (Å²) in [6.07, 6.45) is -1.37. The van der Waals surface area contributed by atoms with Gasteiger partial charge in [0.25, 0.3) is 0 Å². The molecule has 132 valence electrons. The van der Waals surface area contributed by atoms with Crippen LogP contribution >= 0.6 is 0 Å². The quantitative estimate of drug-likeness (QED) is 0.759. The largest absolute Gasteiger partial charge is 0.444 e. The van der Waals surface area contributed by atoms with Gasteiger partial charge in [-0.15, -0.1) is 0 Å². The van der Waals surface area contributed by atoms with Crippen molar-refractivity contribution in [3.05, 3.63) is 0 Å². The fourth-order valence-corrected chi connectivity index (χ4v) is 3.17. The van der Waals surface area contributed by atoms with E-state index in [0.29, 0.717) is 0 Å². The summed E-state index contributed by atoms with van der Waals surface area (Å²) in [4.78, 5) is 11.9. The van der Waals surface area contributed by atoms with E-state index in [2.05, 4.69) is 5.32 Å². The Morgan fingerprint density at radius 2 is 1.87 bits per heavy atom. The van der Waals surface area contributed by atoms with Gasteiger partial charge in [0.15, 0.2) is 11.5 Å². The molecule has 4 saturated heterocycles. The lowest BCUT2D eigenvalue weighted by Gasteiger charge is -2.55. The lowest BCUT2D eigenvalue weighted by atomic mass is 9.82. The summed E-state index contributed by atoms with van der Waals surface area (Å²) in [6, 6.07) is 0. The van der Waals surface area contributed by atoms with Crippen molar-refractivity contribution in [3.8, 4) is 0 Å². The van der Waals surface area contributed by atoms with Gasteiger partial charge in [0.1, 0.15) is 23.4 Å². The molecule has 1 amide bonds. The van der Waals surface area contributed by atoms with Crippen molar-refractivity contribution in [2.75, 3.05) is 19.8 Å². The Bertz CT molecular complexity index is 493. The minimum absolute atomic E-state index is 0.184. The van der Waals surface area contributed by atoms with E-state index in [4.69, 9.17) is 29.4 Å². The number of carbonyl (C=O) groups is 1. The predicted octanol–water partition coefficient (Wildman–Crippen LogP) is 0.485. The molecule has 0 aromatic rings. The molecule has 4 aliphatic rings. The molecular formula is C15H26N2O6. The highest BCUT2D eigenvalue weighted by Crippen LogP contribution is 2.47. The maximum Gasteiger partial charge on any atom is 0.407 e. The highest BCUT2D eigenvalue weighted by molar-refractivity contribution is 5.67. The van der Waals surface area contributed by atoms with Crippen LogP contribution in [0.1, 0.15) is 34.6 Å². The SMILES string of the molecule is CC(C)(C)OC(=O)NCC12COC(N)(CO1)C1OC(C)(C)OC12. The Morgan fingerprint density at radius 3 is 2.43 bits per heavy atom. The van der Waals surface area contributed by atoms with Crippen LogP contribution in [-0.4, -0.2) is 60.8 Å². The molecule has 0 aliphatic carbocycles. The molecule has 0 aromatic heterocycles. The smallest absolute Gasteiger partial charge is 0.407 e. The summed E-state index contributed by atoms with van der Waals surface area (Å²) >= 11 is 0. The van der Waals surface area contributed by atoms with Crippen LogP contribution in [0, 0.1) is 0 Å². The van der Waals surface area contributed by atoms with Crippen LogP contribution in [0.5, 0.6) is 0 Å². The first-order valence-electron chi connectivity index (χ1n) is 7.84. The third-order valence-electron chi connectivity index (χ3n) is 4.20. The second-order valence-electron chi connectivity index (χ2n) is 7.93. The molecule has 0 radical (unpaired) electrons. The van der Waals surface area contributed by atoms with Gasteiger partial charge in [-0.3, -0.25) is 5.73 Å². The molecule has 4 heterocycles. The molecule has 0 spiro atoms. The number of hydrogen-bond donors (Lipinski definition) is 2. The van der Waals surface area contributed by atoms with Gasteiger partial charge in [-0.05, 0) is 34.6 Å². The van der Waals surface area contributed by atoms with Crippen molar-refractivity contribution in [1.82, 2.24) is 5.32 Å². The Morgan fingerprint density at radius 1 is 1.22 bits per heavy atom. The van der Waals surface area contributed by atoms with E-state index in [1.165, 1.54) is 0 Å². The van der Waals surface area contributed by atoms with E-state index in [1.54, 1.807) is 20.8 Å². The zero-order valence-corrected chi connectivity index (χ0v) is 14.3. The van der Waals surface area contributed by atoms with Crippen LogP contribution in [-0.2, 0) is 23.7 Å². The van der Waals surface area contributed by atoms with E-state index >= 15 is 0 Å². The molecule has 0 aromatic carbocycles. The molecule has 0 saturated carbocycles.